The zero-order chi connectivity index (χ0) is 13.9. The summed E-state index contributed by atoms with van der Waals surface area (Å²) < 4.78 is 2.09. The minimum atomic E-state index is 0.430. The van der Waals surface area contributed by atoms with E-state index in [1.807, 2.05) is 18.2 Å². The number of aromatic nitrogens is 4. The van der Waals surface area contributed by atoms with Crippen LogP contribution in [0.3, 0.4) is 0 Å². The van der Waals surface area contributed by atoms with Gasteiger partial charge in [0.25, 0.3) is 0 Å². The Morgan fingerprint density at radius 1 is 1.20 bits per heavy atom. The lowest BCUT2D eigenvalue weighted by Gasteiger charge is -2.07. The Morgan fingerprint density at radius 2 is 2.00 bits per heavy atom. The second-order valence-corrected chi connectivity index (χ2v) is 5.56. The molecule has 3 rings (SSSR count). The van der Waals surface area contributed by atoms with Gasteiger partial charge in [-0.15, -0.1) is 0 Å². The van der Waals surface area contributed by atoms with Gasteiger partial charge in [0.1, 0.15) is 6.33 Å². The Balaban J connectivity index is 2.12. The smallest absolute Gasteiger partial charge is 0.170 e. The Kier molecular flexibility index (Phi) is 3.56. The molecule has 0 aliphatic carbocycles. The molecular formula is C14H15N5S. The molecule has 20 heavy (non-hydrogen) atoms. The fourth-order valence-corrected chi connectivity index (χ4v) is 2.80. The van der Waals surface area contributed by atoms with Gasteiger partial charge in [-0.05, 0) is 11.3 Å². The van der Waals surface area contributed by atoms with Gasteiger partial charge in [-0.25, -0.2) is 15.0 Å². The van der Waals surface area contributed by atoms with Crippen molar-refractivity contribution >= 4 is 28.7 Å². The molecule has 0 unspecified atom stereocenters. The highest BCUT2D eigenvalue weighted by Gasteiger charge is 2.14. The molecule has 2 aromatic heterocycles. The largest absolute Gasteiger partial charge is 0.382 e. The highest BCUT2D eigenvalue weighted by Crippen LogP contribution is 2.25. The second-order valence-electron chi connectivity index (χ2n) is 4.33. The molecule has 102 valence electrons. The van der Waals surface area contributed by atoms with Crippen molar-refractivity contribution in [3.8, 4) is 0 Å². The lowest BCUT2D eigenvalue weighted by atomic mass is 10.2. The number of hydrogen-bond acceptors (Lipinski definition) is 5. The van der Waals surface area contributed by atoms with Gasteiger partial charge in [0.05, 0.1) is 6.54 Å². The first kappa shape index (κ1) is 12.9. The Morgan fingerprint density at radius 3 is 2.75 bits per heavy atom. The summed E-state index contributed by atoms with van der Waals surface area (Å²) in [5.74, 6) is 1.38. The molecule has 0 saturated heterocycles. The molecule has 2 heterocycles. The molecular weight excluding hydrogens is 270 g/mol. The molecule has 0 aliphatic heterocycles. The summed E-state index contributed by atoms with van der Waals surface area (Å²) in [7, 11) is 0. The molecule has 1 aromatic carbocycles. The van der Waals surface area contributed by atoms with Crippen molar-refractivity contribution in [2.75, 3.05) is 11.5 Å². The van der Waals surface area contributed by atoms with Gasteiger partial charge < -0.3 is 5.73 Å². The van der Waals surface area contributed by atoms with Crippen LogP contribution in [-0.4, -0.2) is 25.3 Å². The van der Waals surface area contributed by atoms with Crippen molar-refractivity contribution < 1.29 is 0 Å². The van der Waals surface area contributed by atoms with Crippen LogP contribution in [0.2, 0.25) is 0 Å². The van der Waals surface area contributed by atoms with E-state index in [1.54, 1.807) is 11.8 Å². The van der Waals surface area contributed by atoms with Crippen LogP contribution >= 0.6 is 11.8 Å². The first-order valence-electron chi connectivity index (χ1n) is 6.43. The number of anilines is 1. The predicted molar refractivity (Wildman–Crippen MR) is 81.7 cm³/mol. The van der Waals surface area contributed by atoms with Gasteiger partial charge in [0, 0.05) is 0 Å². The molecule has 5 nitrogen and oxygen atoms in total. The standard InChI is InChI=1S/C14H15N5S/c1-2-20-14-18-11-12(15)16-9-17-13(11)19(14)8-10-6-4-3-5-7-10/h3-7,9H,2,8H2,1H3,(H2,15,16,17). The zero-order valence-electron chi connectivity index (χ0n) is 11.2. The van der Waals surface area contributed by atoms with Gasteiger partial charge >= 0.3 is 0 Å². The van der Waals surface area contributed by atoms with Crippen molar-refractivity contribution in [2.24, 2.45) is 0 Å². The van der Waals surface area contributed by atoms with Crippen LogP contribution in [-0.2, 0) is 6.54 Å². The maximum absolute atomic E-state index is 5.89. The van der Waals surface area contributed by atoms with Crippen molar-refractivity contribution in [2.45, 2.75) is 18.6 Å². The third-order valence-electron chi connectivity index (χ3n) is 2.98. The quantitative estimate of drug-likeness (QED) is 0.746. The molecule has 0 bridgehead atoms. The number of fused-ring (bicyclic) bond motifs is 1. The first-order valence-corrected chi connectivity index (χ1v) is 7.41. The van der Waals surface area contributed by atoms with Gasteiger partial charge in [0.15, 0.2) is 22.1 Å². The van der Waals surface area contributed by atoms with Gasteiger partial charge in [-0.3, -0.25) is 4.57 Å². The topological polar surface area (TPSA) is 69.6 Å². The van der Waals surface area contributed by atoms with E-state index in [4.69, 9.17) is 5.73 Å². The Bertz CT molecular complexity index is 723. The number of hydrogen-bond donors (Lipinski definition) is 1. The number of nitrogens with zero attached hydrogens (tertiary/aromatic N) is 4. The average molecular weight is 285 g/mol. The summed E-state index contributed by atoms with van der Waals surface area (Å²) in [4.78, 5) is 12.9. The number of nitrogens with two attached hydrogens (primary N) is 1. The van der Waals surface area contributed by atoms with Crippen LogP contribution in [0.15, 0.2) is 41.8 Å². The summed E-state index contributed by atoms with van der Waals surface area (Å²) >= 11 is 1.68. The number of benzene rings is 1. The minimum Gasteiger partial charge on any atom is -0.382 e. The predicted octanol–water partition coefficient (Wildman–Crippen LogP) is 2.57. The summed E-state index contributed by atoms with van der Waals surface area (Å²) in [5, 5.41) is 0.929. The molecule has 0 radical (unpaired) electrons. The highest BCUT2D eigenvalue weighted by atomic mass is 32.2. The Labute approximate surface area is 121 Å². The van der Waals surface area contributed by atoms with Crippen molar-refractivity contribution in [3.63, 3.8) is 0 Å². The third-order valence-corrected chi connectivity index (χ3v) is 3.84. The van der Waals surface area contributed by atoms with Crippen LogP contribution in [0.5, 0.6) is 0 Å². The third kappa shape index (κ3) is 2.34. The number of nitrogen functional groups attached to an aromatic ring is 1. The fraction of sp³-hybridized carbons (Fsp3) is 0.214. The molecule has 0 atom stereocenters. The number of thioether (sulfide) groups is 1. The SMILES string of the molecule is CCSc1nc2c(N)ncnc2n1Cc1ccccc1. The fourth-order valence-electron chi connectivity index (χ4n) is 2.08. The normalized spacial score (nSPS) is 11.1. The van der Waals surface area contributed by atoms with Crippen molar-refractivity contribution in [1.82, 2.24) is 19.5 Å². The van der Waals surface area contributed by atoms with Crippen LogP contribution in [0, 0.1) is 0 Å². The van der Waals surface area contributed by atoms with E-state index in [0.717, 1.165) is 23.1 Å². The van der Waals surface area contributed by atoms with E-state index in [0.29, 0.717) is 11.3 Å². The van der Waals surface area contributed by atoms with E-state index in [2.05, 4.69) is 38.6 Å². The van der Waals surface area contributed by atoms with Crippen molar-refractivity contribution in [1.29, 1.82) is 0 Å². The maximum atomic E-state index is 5.89. The maximum Gasteiger partial charge on any atom is 0.170 e. The summed E-state index contributed by atoms with van der Waals surface area (Å²) in [6, 6.07) is 10.3. The molecule has 6 heteroatoms. The highest BCUT2D eigenvalue weighted by molar-refractivity contribution is 7.99. The minimum absolute atomic E-state index is 0.430. The monoisotopic (exact) mass is 285 g/mol. The summed E-state index contributed by atoms with van der Waals surface area (Å²) in [5.41, 5.74) is 8.57. The van der Waals surface area contributed by atoms with E-state index in [9.17, 15) is 0 Å². The first-order chi connectivity index (χ1) is 9.79. The van der Waals surface area contributed by atoms with Gasteiger partial charge in [-0.2, -0.15) is 0 Å². The van der Waals surface area contributed by atoms with E-state index in [1.165, 1.54) is 11.9 Å². The summed E-state index contributed by atoms with van der Waals surface area (Å²) in [6.07, 6.45) is 1.49. The van der Waals surface area contributed by atoms with Crippen LogP contribution in [0.1, 0.15) is 12.5 Å². The average Bonchev–Trinajstić information content (AvgIpc) is 2.81. The molecule has 2 N–H and O–H groups in total. The molecule has 0 aliphatic rings. The zero-order valence-corrected chi connectivity index (χ0v) is 12.0. The molecule has 0 saturated carbocycles. The van der Waals surface area contributed by atoms with Crippen LogP contribution in [0.25, 0.3) is 11.2 Å². The van der Waals surface area contributed by atoms with E-state index < -0.39 is 0 Å². The number of rotatable bonds is 4. The number of imidazole rings is 1. The second kappa shape index (κ2) is 5.50. The van der Waals surface area contributed by atoms with Gasteiger partial charge in [0.2, 0.25) is 0 Å². The Hall–Kier alpha value is -2.08. The van der Waals surface area contributed by atoms with Crippen LogP contribution < -0.4 is 5.73 Å². The van der Waals surface area contributed by atoms with E-state index in [-0.39, 0.29) is 0 Å². The van der Waals surface area contributed by atoms with Gasteiger partial charge in [-0.1, -0.05) is 49.0 Å². The summed E-state index contributed by atoms with van der Waals surface area (Å²) in [6.45, 7) is 2.84. The molecule has 0 amide bonds. The molecule has 3 aromatic rings. The lowest BCUT2D eigenvalue weighted by molar-refractivity contribution is 0.724. The van der Waals surface area contributed by atoms with Crippen molar-refractivity contribution in [3.05, 3.63) is 42.2 Å². The molecule has 0 spiro atoms. The molecule has 0 fully saturated rings. The van der Waals surface area contributed by atoms with E-state index >= 15 is 0 Å². The lowest BCUT2D eigenvalue weighted by Crippen LogP contribution is -2.03. The van der Waals surface area contributed by atoms with Crippen LogP contribution in [0.4, 0.5) is 5.82 Å².